The number of aliphatic hydroxyl groups excluding tert-OH is 1. The standard InChI is InChI=1S/C27H25N3O3/c1-18-11-23(22-4-2-3-20(13-22)17-31)8-7-21(18)12-19-5-9-25(10-6-19)30-26(15-27(32)33)14-24(16-28)29-30/h2-11,13,26,31H,12,14-15,17H2,1H3,(H,32,33). The molecule has 0 fully saturated rings. The predicted octanol–water partition coefficient (Wildman–Crippen LogP) is 4.68. The lowest BCUT2D eigenvalue weighted by molar-refractivity contribution is -0.137. The van der Waals surface area contributed by atoms with Gasteiger partial charge in [-0.3, -0.25) is 9.80 Å². The van der Waals surface area contributed by atoms with Gasteiger partial charge in [-0.15, -0.1) is 0 Å². The molecule has 0 saturated carbocycles. The Morgan fingerprint density at radius 3 is 2.52 bits per heavy atom. The van der Waals surface area contributed by atoms with E-state index in [1.807, 2.05) is 54.6 Å². The Hall–Kier alpha value is -3.95. The van der Waals surface area contributed by atoms with Crippen molar-refractivity contribution in [3.05, 3.63) is 89.0 Å². The number of aliphatic hydroxyl groups is 1. The fourth-order valence-corrected chi connectivity index (χ4v) is 4.17. The molecular weight excluding hydrogens is 414 g/mol. The maximum atomic E-state index is 11.2. The van der Waals surface area contributed by atoms with E-state index in [4.69, 9.17) is 5.26 Å². The van der Waals surface area contributed by atoms with Crippen molar-refractivity contribution in [1.82, 2.24) is 0 Å². The van der Waals surface area contributed by atoms with E-state index in [0.29, 0.717) is 12.1 Å². The van der Waals surface area contributed by atoms with Crippen molar-refractivity contribution in [2.45, 2.75) is 38.8 Å². The molecule has 3 aromatic carbocycles. The molecule has 0 radical (unpaired) electrons. The smallest absolute Gasteiger partial charge is 0.305 e. The SMILES string of the molecule is Cc1cc(-c2cccc(CO)c2)ccc1Cc1ccc(N2N=C(C#N)CC2CC(=O)O)cc1. The lowest BCUT2D eigenvalue weighted by atomic mass is 9.95. The highest BCUT2D eigenvalue weighted by atomic mass is 16.4. The van der Waals surface area contributed by atoms with Crippen LogP contribution < -0.4 is 5.01 Å². The molecule has 166 valence electrons. The van der Waals surface area contributed by atoms with Gasteiger partial charge >= 0.3 is 5.97 Å². The van der Waals surface area contributed by atoms with Crippen LogP contribution in [0, 0.1) is 18.3 Å². The summed E-state index contributed by atoms with van der Waals surface area (Å²) in [6, 6.07) is 23.9. The van der Waals surface area contributed by atoms with Crippen LogP contribution in [0.4, 0.5) is 5.69 Å². The van der Waals surface area contributed by atoms with Crippen LogP contribution in [0.1, 0.15) is 35.1 Å². The number of hydrogen-bond acceptors (Lipinski definition) is 5. The number of aliphatic carboxylic acids is 1. The number of nitriles is 1. The van der Waals surface area contributed by atoms with Gasteiger partial charge in [0.2, 0.25) is 0 Å². The molecule has 0 aliphatic carbocycles. The molecule has 33 heavy (non-hydrogen) atoms. The summed E-state index contributed by atoms with van der Waals surface area (Å²) in [6.45, 7) is 2.13. The second-order valence-electron chi connectivity index (χ2n) is 8.30. The van der Waals surface area contributed by atoms with Crippen molar-refractivity contribution in [2.24, 2.45) is 5.10 Å². The number of hydrogen-bond donors (Lipinski definition) is 2. The number of carboxylic acid groups (broad SMARTS) is 1. The number of nitrogens with zero attached hydrogens (tertiary/aromatic N) is 3. The molecule has 1 heterocycles. The van der Waals surface area contributed by atoms with Crippen LogP contribution in [0.5, 0.6) is 0 Å². The Bertz CT molecular complexity index is 1240. The number of aryl methyl sites for hydroxylation is 1. The van der Waals surface area contributed by atoms with E-state index in [0.717, 1.165) is 34.4 Å². The van der Waals surface area contributed by atoms with E-state index in [2.05, 4.69) is 30.2 Å². The first-order valence-electron chi connectivity index (χ1n) is 10.8. The Kier molecular flexibility index (Phi) is 6.53. The molecular formula is C27H25N3O3. The molecule has 0 aromatic heterocycles. The molecule has 0 amide bonds. The van der Waals surface area contributed by atoms with Crippen LogP contribution in [0.3, 0.4) is 0 Å². The van der Waals surface area contributed by atoms with Crippen LogP contribution in [0.2, 0.25) is 0 Å². The Morgan fingerprint density at radius 2 is 1.85 bits per heavy atom. The zero-order valence-corrected chi connectivity index (χ0v) is 18.4. The molecule has 1 unspecified atom stereocenters. The molecule has 0 saturated heterocycles. The average Bonchev–Trinajstić information content (AvgIpc) is 3.23. The van der Waals surface area contributed by atoms with Crippen molar-refractivity contribution in [1.29, 1.82) is 5.26 Å². The molecule has 2 N–H and O–H groups in total. The van der Waals surface area contributed by atoms with Crippen molar-refractivity contribution in [3.8, 4) is 17.2 Å². The molecule has 0 bridgehead atoms. The Balaban J connectivity index is 1.50. The maximum absolute atomic E-state index is 11.2. The monoisotopic (exact) mass is 439 g/mol. The topological polar surface area (TPSA) is 96.9 Å². The summed E-state index contributed by atoms with van der Waals surface area (Å²) in [5.41, 5.74) is 7.77. The highest BCUT2D eigenvalue weighted by molar-refractivity contribution is 6.01. The van der Waals surface area contributed by atoms with Gasteiger partial charge < -0.3 is 10.2 Å². The summed E-state index contributed by atoms with van der Waals surface area (Å²) >= 11 is 0. The third-order valence-corrected chi connectivity index (χ3v) is 5.92. The highest BCUT2D eigenvalue weighted by Crippen LogP contribution is 2.28. The Labute approximate surface area is 193 Å². The molecule has 1 aliphatic rings. The van der Waals surface area contributed by atoms with Crippen molar-refractivity contribution in [3.63, 3.8) is 0 Å². The molecule has 1 atom stereocenters. The third-order valence-electron chi connectivity index (χ3n) is 5.92. The van der Waals surface area contributed by atoms with Crippen LogP contribution in [-0.4, -0.2) is 27.9 Å². The number of anilines is 1. The molecule has 1 aliphatic heterocycles. The Morgan fingerprint density at radius 1 is 1.09 bits per heavy atom. The first kappa shape index (κ1) is 22.3. The van der Waals surface area contributed by atoms with Crippen LogP contribution >= 0.6 is 0 Å². The summed E-state index contributed by atoms with van der Waals surface area (Å²) in [5.74, 6) is -0.905. The maximum Gasteiger partial charge on any atom is 0.305 e. The minimum Gasteiger partial charge on any atom is -0.481 e. The van der Waals surface area contributed by atoms with Crippen molar-refractivity contribution < 1.29 is 15.0 Å². The van der Waals surface area contributed by atoms with Gasteiger partial charge in [-0.1, -0.05) is 48.5 Å². The van der Waals surface area contributed by atoms with Gasteiger partial charge in [0.1, 0.15) is 11.8 Å². The summed E-state index contributed by atoms with van der Waals surface area (Å²) in [6.07, 6.45) is 1.05. The van der Waals surface area contributed by atoms with Crippen LogP contribution in [0.15, 0.2) is 71.8 Å². The number of carbonyl (C=O) groups is 1. The number of benzene rings is 3. The van der Waals surface area contributed by atoms with E-state index < -0.39 is 5.97 Å². The van der Waals surface area contributed by atoms with E-state index in [1.165, 1.54) is 11.1 Å². The highest BCUT2D eigenvalue weighted by Gasteiger charge is 2.29. The van der Waals surface area contributed by atoms with Gasteiger partial charge in [-0.25, -0.2) is 0 Å². The third kappa shape index (κ3) is 5.11. The fraction of sp³-hybridized carbons (Fsp3) is 0.222. The second-order valence-corrected chi connectivity index (χ2v) is 8.30. The lowest BCUT2D eigenvalue weighted by Gasteiger charge is -2.22. The van der Waals surface area contributed by atoms with Gasteiger partial charge in [0, 0.05) is 6.42 Å². The molecule has 0 spiro atoms. The zero-order valence-electron chi connectivity index (χ0n) is 18.4. The number of rotatable bonds is 7. The molecule has 6 heteroatoms. The van der Waals surface area contributed by atoms with Gasteiger partial charge in [-0.2, -0.15) is 10.4 Å². The van der Waals surface area contributed by atoms with Gasteiger partial charge in [0.15, 0.2) is 0 Å². The minimum absolute atomic E-state index is 0.0263. The van der Waals surface area contributed by atoms with Crippen LogP contribution in [0.25, 0.3) is 11.1 Å². The average molecular weight is 440 g/mol. The van der Waals surface area contributed by atoms with E-state index in [-0.39, 0.29) is 19.1 Å². The number of carboxylic acids is 1. The van der Waals surface area contributed by atoms with E-state index in [9.17, 15) is 15.0 Å². The molecule has 3 aromatic rings. The zero-order chi connectivity index (χ0) is 23.4. The van der Waals surface area contributed by atoms with E-state index in [1.54, 1.807) is 5.01 Å². The largest absolute Gasteiger partial charge is 0.481 e. The predicted molar refractivity (Wildman–Crippen MR) is 128 cm³/mol. The van der Waals surface area contributed by atoms with Gasteiger partial charge in [0.05, 0.1) is 24.8 Å². The van der Waals surface area contributed by atoms with Crippen molar-refractivity contribution in [2.75, 3.05) is 5.01 Å². The van der Waals surface area contributed by atoms with Crippen LogP contribution in [-0.2, 0) is 17.8 Å². The molecule has 4 rings (SSSR count). The first-order chi connectivity index (χ1) is 16.0. The van der Waals surface area contributed by atoms with E-state index >= 15 is 0 Å². The summed E-state index contributed by atoms with van der Waals surface area (Å²) < 4.78 is 0. The summed E-state index contributed by atoms with van der Waals surface area (Å²) in [4.78, 5) is 11.2. The minimum atomic E-state index is -0.905. The van der Waals surface area contributed by atoms with Gasteiger partial charge in [0.25, 0.3) is 0 Å². The fourth-order valence-electron chi connectivity index (χ4n) is 4.17. The first-order valence-corrected chi connectivity index (χ1v) is 10.8. The summed E-state index contributed by atoms with van der Waals surface area (Å²) in [7, 11) is 0. The number of hydrazone groups is 1. The quantitative estimate of drug-likeness (QED) is 0.557. The van der Waals surface area contributed by atoms with Crippen molar-refractivity contribution >= 4 is 17.4 Å². The normalized spacial score (nSPS) is 15.2. The summed E-state index contributed by atoms with van der Waals surface area (Å²) in [5, 5.41) is 33.7. The molecule has 6 nitrogen and oxygen atoms in total. The lowest BCUT2D eigenvalue weighted by Crippen LogP contribution is -2.28. The second kappa shape index (κ2) is 9.68. The van der Waals surface area contributed by atoms with Gasteiger partial charge in [-0.05, 0) is 64.9 Å².